The summed E-state index contributed by atoms with van der Waals surface area (Å²) < 4.78 is 31.5. The first-order chi connectivity index (χ1) is 12.7. The molecular formula is C19H35IN4O3S. The van der Waals surface area contributed by atoms with E-state index in [1.165, 1.54) is 13.5 Å². The summed E-state index contributed by atoms with van der Waals surface area (Å²) in [6.45, 7) is 7.50. The number of rotatable bonds is 12. The number of hydrogen-bond acceptors (Lipinski definition) is 4. The van der Waals surface area contributed by atoms with Gasteiger partial charge in [0.25, 0.3) is 0 Å². The standard InChI is InChI=1S/C19H34N4O3S.HI/c1-15(2)6-5-7-16(3)23-19(20)21-14-17-8-10-18(11-9-17)27(24,25)22-12-13-26-4;/h8-11,15-16,22H,5-7,12-14H2,1-4H3,(H3,20,21,23);1H. The first kappa shape index (κ1) is 27.1. The average molecular weight is 526 g/mol. The van der Waals surface area contributed by atoms with Gasteiger partial charge in [-0.2, -0.15) is 0 Å². The lowest BCUT2D eigenvalue weighted by atomic mass is 10.0. The molecule has 1 unspecified atom stereocenters. The topological polar surface area (TPSA) is 106 Å². The van der Waals surface area contributed by atoms with Crippen molar-refractivity contribution in [3.8, 4) is 0 Å². The largest absolute Gasteiger partial charge is 0.383 e. The Morgan fingerprint density at radius 1 is 1.18 bits per heavy atom. The van der Waals surface area contributed by atoms with E-state index in [9.17, 15) is 8.42 Å². The van der Waals surface area contributed by atoms with Gasteiger partial charge in [-0.25, -0.2) is 18.1 Å². The minimum absolute atomic E-state index is 0. The van der Waals surface area contributed by atoms with Crippen LogP contribution in [0.1, 0.15) is 45.6 Å². The second-order valence-corrected chi connectivity index (χ2v) is 8.87. The minimum atomic E-state index is -3.51. The van der Waals surface area contributed by atoms with Crippen molar-refractivity contribution in [2.45, 2.75) is 57.5 Å². The van der Waals surface area contributed by atoms with E-state index in [0.29, 0.717) is 25.0 Å². The summed E-state index contributed by atoms with van der Waals surface area (Å²) in [5, 5.41) is 3.20. The molecule has 0 heterocycles. The molecule has 1 aromatic rings. The van der Waals surface area contributed by atoms with Gasteiger partial charge in [-0.3, -0.25) is 0 Å². The van der Waals surface area contributed by atoms with Gasteiger partial charge in [-0.15, -0.1) is 24.0 Å². The number of nitrogens with one attached hydrogen (secondary N) is 2. The van der Waals surface area contributed by atoms with Gasteiger partial charge in [0.05, 0.1) is 18.0 Å². The van der Waals surface area contributed by atoms with E-state index in [4.69, 9.17) is 10.5 Å². The van der Waals surface area contributed by atoms with Crippen LogP contribution in [0.5, 0.6) is 0 Å². The average Bonchev–Trinajstić information content (AvgIpc) is 2.60. The molecule has 0 saturated heterocycles. The molecule has 0 aliphatic carbocycles. The Morgan fingerprint density at radius 3 is 2.39 bits per heavy atom. The SMILES string of the molecule is COCCNS(=O)(=O)c1ccc(CN=C(N)NC(C)CCCC(C)C)cc1.I. The molecule has 7 nitrogen and oxygen atoms in total. The van der Waals surface area contributed by atoms with Gasteiger partial charge in [0.1, 0.15) is 0 Å². The lowest BCUT2D eigenvalue weighted by Gasteiger charge is -2.15. The van der Waals surface area contributed by atoms with Crippen molar-refractivity contribution in [2.75, 3.05) is 20.3 Å². The molecule has 0 saturated carbocycles. The fraction of sp³-hybridized carbons (Fsp3) is 0.632. The van der Waals surface area contributed by atoms with Crippen LogP contribution in [-0.4, -0.2) is 40.7 Å². The van der Waals surface area contributed by atoms with Crippen molar-refractivity contribution in [3.05, 3.63) is 29.8 Å². The van der Waals surface area contributed by atoms with Crippen molar-refractivity contribution >= 4 is 40.0 Å². The Balaban J connectivity index is 0.00000729. The third-order valence-corrected chi connectivity index (χ3v) is 5.55. The molecule has 1 aromatic carbocycles. The maximum absolute atomic E-state index is 12.1. The van der Waals surface area contributed by atoms with E-state index < -0.39 is 10.0 Å². The number of guanidine groups is 1. The highest BCUT2D eigenvalue weighted by Gasteiger charge is 2.12. The first-order valence-electron chi connectivity index (χ1n) is 9.38. The van der Waals surface area contributed by atoms with Crippen LogP contribution in [0.25, 0.3) is 0 Å². The number of ether oxygens (including phenoxy) is 1. The molecule has 0 spiro atoms. The third-order valence-electron chi connectivity index (χ3n) is 4.08. The highest BCUT2D eigenvalue weighted by atomic mass is 127. The van der Waals surface area contributed by atoms with Gasteiger partial charge < -0.3 is 15.8 Å². The van der Waals surface area contributed by atoms with E-state index >= 15 is 0 Å². The fourth-order valence-corrected chi connectivity index (χ4v) is 3.53. The quantitative estimate of drug-likeness (QED) is 0.168. The minimum Gasteiger partial charge on any atom is -0.383 e. The van der Waals surface area contributed by atoms with Gasteiger partial charge >= 0.3 is 0 Å². The summed E-state index contributed by atoms with van der Waals surface area (Å²) in [5.74, 6) is 1.12. The van der Waals surface area contributed by atoms with Crippen LogP contribution < -0.4 is 15.8 Å². The summed E-state index contributed by atoms with van der Waals surface area (Å²) in [4.78, 5) is 4.55. The molecule has 1 rings (SSSR count). The molecule has 9 heteroatoms. The zero-order chi connectivity index (χ0) is 20.3. The zero-order valence-corrected chi connectivity index (χ0v) is 20.4. The Morgan fingerprint density at radius 2 is 1.82 bits per heavy atom. The number of hydrogen-bond donors (Lipinski definition) is 3. The maximum atomic E-state index is 12.1. The van der Waals surface area contributed by atoms with Crippen molar-refractivity contribution in [3.63, 3.8) is 0 Å². The van der Waals surface area contributed by atoms with Crippen LogP contribution in [0, 0.1) is 5.92 Å². The Labute approximate surface area is 187 Å². The second-order valence-electron chi connectivity index (χ2n) is 7.11. The van der Waals surface area contributed by atoms with Crippen LogP contribution in [0.3, 0.4) is 0 Å². The van der Waals surface area contributed by atoms with Crippen LogP contribution in [0.4, 0.5) is 0 Å². The van der Waals surface area contributed by atoms with Crippen LogP contribution in [0.15, 0.2) is 34.2 Å². The van der Waals surface area contributed by atoms with Gasteiger partial charge in [-0.1, -0.05) is 38.8 Å². The molecule has 0 bridgehead atoms. The highest BCUT2D eigenvalue weighted by Crippen LogP contribution is 2.11. The molecule has 162 valence electrons. The van der Waals surface area contributed by atoms with Gasteiger partial charge in [0, 0.05) is 19.7 Å². The lowest BCUT2D eigenvalue weighted by Crippen LogP contribution is -2.38. The summed E-state index contributed by atoms with van der Waals surface area (Å²) in [6, 6.07) is 6.90. The smallest absolute Gasteiger partial charge is 0.240 e. The summed E-state index contributed by atoms with van der Waals surface area (Å²) >= 11 is 0. The highest BCUT2D eigenvalue weighted by molar-refractivity contribution is 14.0. The molecule has 0 aromatic heterocycles. The molecule has 0 radical (unpaired) electrons. The van der Waals surface area contributed by atoms with Crippen molar-refractivity contribution in [1.82, 2.24) is 10.0 Å². The van der Waals surface area contributed by atoms with Crippen molar-refractivity contribution in [2.24, 2.45) is 16.6 Å². The summed E-state index contributed by atoms with van der Waals surface area (Å²) in [7, 11) is -1.99. The molecule has 0 aliphatic rings. The van der Waals surface area contributed by atoms with Crippen molar-refractivity contribution in [1.29, 1.82) is 0 Å². The zero-order valence-electron chi connectivity index (χ0n) is 17.3. The molecule has 0 aliphatic heterocycles. The van der Waals surface area contributed by atoms with E-state index in [0.717, 1.165) is 18.4 Å². The lowest BCUT2D eigenvalue weighted by molar-refractivity contribution is 0.204. The molecule has 0 amide bonds. The molecular weight excluding hydrogens is 491 g/mol. The third kappa shape index (κ3) is 11.2. The van der Waals surface area contributed by atoms with Gasteiger partial charge in [0.2, 0.25) is 10.0 Å². The predicted molar refractivity (Wildman–Crippen MR) is 126 cm³/mol. The number of benzene rings is 1. The number of sulfonamides is 1. The Bertz CT molecular complexity index is 679. The first-order valence-corrected chi connectivity index (χ1v) is 10.9. The summed E-state index contributed by atoms with van der Waals surface area (Å²) in [5.41, 5.74) is 6.83. The van der Waals surface area contributed by atoms with Crippen molar-refractivity contribution < 1.29 is 13.2 Å². The van der Waals surface area contributed by atoms with Gasteiger partial charge in [0.15, 0.2) is 5.96 Å². The van der Waals surface area contributed by atoms with E-state index in [1.807, 2.05) is 0 Å². The molecule has 1 atom stereocenters. The Hall–Kier alpha value is -0.910. The number of nitrogens with zero attached hydrogens (tertiary/aromatic N) is 1. The number of nitrogens with two attached hydrogens (primary N) is 1. The summed E-state index contributed by atoms with van der Waals surface area (Å²) in [6.07, 6.45) is 3.42. The number of aliphatic imine (C=N–C) groups is 1. The van der Waals surface area contributed by atoms with Crippen LogP contribution in [-0.2, 0) is 21.3 Å². The van der Waals surface area contributed by atoms with Gasteiger partial charge in [-0.05, 0) is 37.0 Å². The number of methoxy groups -OCH3 is 1. The fourth-order valence-electron chi connectivity index (χ4n) is 2.51. The number of halogens is 1. The van der Waals surface area contributed by atoms with E-state index in [1.54, 1.807) is 24.3 Å². The van der Waals surface area contributed by atoms with Crippen LogP contribution in [0.2, 0.25) is 0 Å². The van der Waals surface area contributed by atoms with E-state index in [-0.39, 0.29) is 41.5 Å². The predicted octanol–water partition coefficient (Wildman–Crippen LogP) is 2.85. The Kier molecular flexibility index (Phi) is 13.7. The monoisotopic (exact) mass is 526 g/mol. The molecule has 28 heavy (non-hydrogen) atoms. The second kappa shape index (κ2) is 14.1. The normalized spacial score (nSPS) is 13.2. The van der Waals surface area contributed by atoms with E-state index in [2.05, 4.69) is 35.8 Å². The molecule has 4 N–H and O–H groups in total. The van der Waals surface area contributed by atoms with Crippen LogP contribution >= 0.6 is 24.0 Å². The maximum Gasteiger partial charge on any atom is 0.240 e. The molecule has 0 fully saturated rings.